The first-order valence-corrected chi connectivity index (χ1v) is 5.42. The molecule has 0 saturated heterocycles. The van der Waals surface area contributed by atoms with E-state index in [1.807, 2.05) is 0 Å². The van der Waals surface area contributed by atoms with E-state index in [2.05, 4.69) is 6.58 Å². The summed E-state index contributed by atoms with van der Waals surface area (Å²) in [5.74, 6) is -2.34. The minimum atomic E-state index is -1.64. The Bertz CT molecular complexity index is 230. The van der Waals surface area contributed by atoms with Gasteiger partial charge in [0.05, 0.1) is 26.4 Å². The van der Waals surface area contributed by atoms with Crippen LogP contribution in [0.25, 0.3) is 0 Å². The highest BCUT2D eigenvalue weighted by Crippen LogP contribution is 2.13. The number of aliphatic hydroxyl groups is 2. The van der Waals surface area contributed by atoms with Crippen LogP contribution >= 0.6 is 0 Å². The lowest BCUT2D eigenvalue weighted by molar-refractivity contribution is -0.226. The Hall–Kier alpha value is -0.950. The second-order valence-electron chi connectivity index (χ2n) is 3.31. The van der Waals surface area contributed by atoms with Crippen molar-refractivity contribution in [1.82, 2.24) is 0 Å². The van der Waals surface area contributed by atoms with Gasteiger partial charge in [-0.15, -0.1) is 0 Å². The third kappa shape index (κ3) is 7.87. The molecule has 17 heavy (non-hydrogen) atoms. The van der Waals surface area contributed by atoms with Crippen LogP contribution in [-0.4, -0.2) is 55.0 Å². The van der Waals surface area contributed by atoms with Crippen molar-refractivity contribution < 1.29 is 29.2 Å². The third-order valence-electron chi connectivity index (χ3n) is 1.94. The lowest BCUT2D eigenvalue weighted by Gasteiger charge is -2.25. The van der Waals surface area contributed by atoms with Crippen molar-refractivity contribution in [3.63, 3.8) is 0 Å². The van der Waals surface area contributed by atoms with Crippen molar-refractivity contribution in [2.75, 3.05) is 33.0 Å². The van der Waals surface area contributed by atoms with Crippen molar-refractivity contribution >= 4 is 5.97 Å². The van der Waals surface area contributed by atoms with Crippen LogP contribution in [0, 0.1) is 0 Å². The van der Waals surface area contributed by atoms with Crippen LogP contribution in [0.3, 0.4) is 0 Å². The summed E-state index contributed by atoms with van der Waals surface area (Å²) in [6, 6.07) is 0. The molecule has 0 aromatic carbocycles. The molecule has 1 unspecified atom stereocenters. The highest BCUT2D eigenvalue weighted by Gasteiger charge is 2.28. The Labute approximate surface area is 101 Å². The Morgan fingerprint density at radius 3 is 2.53 bits per heavy atom. The van der Waals surface area contributed by atoms with Gasteiger partial charge in [0.1, 0.15) is 6.61 Å². The maximum Gasteiger partial charge on any atom is 0.332 e. The van der Waals surface area contributed by atoms with Crippen LogP contribution in [0.15, 0.2) is 12.7 Å². The van der Waals surface area contributed by atoms with E-state index in [0.29, 0.717) is 6.61 Å². The standard InChI is InChI=1S/C11H20O6/c1-3-10(13)17-11(14,4-2)9-16-8-7-15-6-5-12/h3,12,14H,1,4-9H2,2H3. The Kier molecular flexibility index (Phi) is 8.61. The maximum atomic E-state index is 11.0. The van der Waals surface area contributed by atoms with Crippen LogP contribution in [0.2, 0.25) is 0 Å². The molecule has 0 amide bonds. The molecule has 0 rings (SSSR count). The van der Waals surface area contributed by atoms with Gasteiger partial charge in [0.25, 0.3) is 0 Å². The fourth-order valence-corrected chi connectivity index (χ4v) is 0.949. The highest BCUT2D eigenvalue weighted by molar-refractivity contribution is 5.81. The molecule has 0 fully saturated rings. The summed E-state index contributed by atoms with van der Waals surface area (Å²) in [5, 5.41) is 18.3. The van der Waals surface area contributed by atoms with Gasteiger partial charge in [-0.1, -0.05) is 13.5 Å². The summed E-state index contributed by atoms with van der Waals surface area (Å²) in [4.78, 5) is 11.0. The van der Waals surface area contributed by atoms with Gasteiger partial charge in [-0.3, -0.25) is 0 Å². The van der Waals surface area contributed by atoms with Gasteiger partial charge in [-0.05, 0) is 0 Å². The average molecular weight is 248 g/mol. The topological polar surface area (TPSA) is 85.2 Å². The maximum absolute atomic E-state index is 11.0. The van der Waals surface area contributed by atoms with Crippen molar-refractivity contribution in [1.29, 1.82) is 0 Å². The number of rotatable bonds is 10. The second kappa shape index (κ2) is 9.12. The number of hydrogen-bond donors (Lipinski definition) is 2. The molecule has 1 atom stereocenters. The normalized spacial score (nSPS) is 14.1. The van der Waals surface area contributed by atoms with Crippen molar-refractivity contribution in [2.24, 2.45) is 0 Å². The zero-order chi connectivity index (χ0) is 13.1. The van der Waals surface area contributed by atoms with Crippen LogP contribution in [0.1, 0.15) is 13.3 Å². The van der Waals surface area contributed by atoms with Gasteiger partial charge in [-0.25, -0.2) is 4.79 Å². The summed E-state index contributed by atoms with van der Waals surface area (Å²) in [6.07, 6.45) is 1.19. The molecule has 6 heteroatoms. The molecule has 0 aliphatic carbocycles. The smallest absolute Gasteiger partial charge is 0.332 e. The largest absolute Gasteiger partial charge is 0.428 e. The lowest BCUT2D eigenvalue weighted by atomic mass is 10.2. The van der Waals surface area contributed by atoms with Gasteiger partial charge in [0.2, 0.25) is 5.79 Å². The van der Waals surface area contributed by atoms with E-state index in [4.69, 9.17) is 19.3 Å². The van der Waals surface area contributed by atoms with E-state index < -0.39 is 11.8 Å². The Balaban J connectivity index is 3.79. The average Bonchev–Trinajstić information content (AvgIpc) is 2.33. The molecule has 0 bridgehead atoms. The number of esters is 1. The van der Waals surface area contributed by atoms with Crippen molar-refractivity contribution in [3.05, 3.63) is 12.7 Å². The molecule has 0 aliphatic rings. The summed E-state index contributed by atoms with van der Waals surface area (Å²) in [5.41, 5.74) is 0. The van der Waals surface area contributed by atoms with E-state index in [9.17, 15) is 9.90 Å². The van der Waals surface area contributed by atoms with Gasteiger partial charge in [-0.2, -0.15) is 0 Å². The predicted molar refractivity (Wildman–Crippen MR) is 60.3 cm³/mol. The van der Waals surface area contributed by atoms with Crippen LogP contribution < -0.4 is 0 Å². The minimum absolute atomic E-state index is 0.0458. The molecule has 0 saturated carbocycles. The summed E-state index contributed by atoms with van der Waals surface area (Å²) in [7, 11) is 0. The molecule has 6 nitrogen and oxygen atoms in total. The van der Waals surface area contributed by atoms with Crippen LogP contribution in [-0.2, 0) is 19.0 Å². The quantitative estimate of drug-likeness (QED) is 0.242. The van der Waals surface area contributed by atoms with Crippen molar-refractivity contribution in [3.8, 4) is 0 Å². The molecule has 0 heterocycles. The zero-order valence-electron chi connectivity index (χ0n) is 10.1. The van der Waals surface area contributed by atoms with E-state index in [-0.39, 0.29) is 32.8 Å². The van der Waals surface area contributed by atoms with Crippen molar-refractivity contribution in [2.45, 2.75) is 19.1 Å². The predicted octanol–water partition coefficient (Wildman–Crippen LogP) is -0.160. The summed E-state index contributed by atoms with van der Waals surface area (Å²) < 4.78 is 14.8. The third-order valence-corrected chi connectivity index (χ3v) is 1.94. The van der Waals surface area contributed by atoms with Gasteiger partial charge >= 0.3 is 5.97 Å². The van der Waals surface area contributed by atoms with Gasteiger partial charge in [0.15, 0.2) is 0 Å². The van der Waals surface area contributed by atoms with Crippen LogP contribution in [0.5, 0.6) is 0 Å². The highest BCUT2D eigenvalue weighted by atomic mass is 16.7. The van der Waals surface area contributed by atoms with E-state index in [1.54, 1.807) is 6.92 Å². The van der Waals surface area contributed by atoms with E-state index in [0.717, 1.165) is 6.08 Å². The summed E-state index contributed by atoms with van der Waals surface area (Å²) in [6.45, 7) is 5.52. The first-order valence-electron chi connectivity index (χ1n) is 5.42. The Morgan fingerprint density at radius 2 is 2.00 bits per heavy atom. The number of carbonyl (C=O) groups is 1. The SMILES string of the molecule is C=CC(=O)OC(O)(CC)COCCOCCO. The van der Waals surface area contributed by atoms with Crippen LogP contribution in [0.4, 0.5) is 0 Å². The number of carbonyl (C=O) groups excluding carboxylic acids is 1. The number of hydrogen-bond acceptors (Lipinski definition) is 6. The molecular weight excluding hydrogens is 228 g/mol. The number of aliphatic hydroxyl groups excluding tert-OH is 1. The Morgan fingerprint density at radius 1 is 1.35 bits per heavy atom. The first kappa shape index (κ1) is 16.1. The summed E-state index contributed by atoms with van der Waals surface area (Å²) >= 11 is 0. The van der Waals surface area contributed by atoms with Gasteiger partial charge < -0.3 is 24.4 Å². The number of ether oxygens (including phenoxy) is 3. The molecule has 100 valence electrons. The minimum Gasteiger partial charge on any atom is -0.428 e. The molecule has 0 spiro atoms. The molecule has 0 aromatic heterocycles. The first-order chi connectivity index (χ1) is 8.08. The van der Waals surface area contributed by atoms with Gasteiger partial charge in [0, 0.05) is 12.5 Å². The molecule has 0 aliphatic heterocycles. The molecular formula is C11H20O6. The van der Waals surface area contributed by atoms with E-state index >= 15 is 0 Å². The zero-order valence-corrected chi connectivity index (χ0v) is 10.1. The molecule has 2 N–H and O–H groups in total. The molecule has 0 radical (unpaired) electrons. The second-order valence-corrected chi connectivity index (χ2v) is 3.31. The lowest BCUT2D eigenvalue weighted by Crippen LogP contribution is -2.39. The fourth-order valence-electron chi connectivity index (χ4n) is 0.949. The molecule has 0 aromatic rings. The monoisotopic (exact) mass is 248 g/mol. The fraction of sp³-hybridized carbons (Fsp3) is 0.727. The van der Waals surface area contributed by atoms with E-state index in [1.165, 1.54) is 0 Å².